The molecule has 0 fully saturated rings. The van der Waals surface area contributed by atoms with Crippen LogP contribution in [0.1, 0.15) is 33.6 Å². The average Bonchev–Trinajstić information content (AvgIpc) is 3.00. The van der Waals surface area contributed by atoms with Crippen molar-refractivity contribution in [3.63, 3.8) is 0 Å². The number of aromatic nitrogens is 2. The van der Waals surface area contributed by atoms with E-state index < -0.39 is 34.3 Å². The fourth-order valence-electron chi connectivity index (χ4n) is 4.83. The second-order valence-electron chi connectivity index (χ2n) is 10.2. The van der Waals surface area contributed by atoms with Gasteiger partial charge in [0.1, 0.15) is 11.7 Å². The summed E-state index contributed by atoms with van der Waals surface area (Å²) < 4.78 is 29.2. The predicted molar refractivity (Wildman–Crippen MR) is 167 cm³/mol. The molecule has 226 valence electrons. The number of nitrogens with one attached hydrogen (secondary N) is 3. The lowest BCUT2D eigenvalue weighted by atomic mass is 10.1. The summed E-state index contributed by atoms with van der Waals surface area (Å²) in [5.74, 6) is -1.48. The normalized spacial score (nSPS) is 14.4. The third-order valence-electron chi connectivity index (χ3n) is 7.10. The van der Waals surface area contributed by atoms with E-state index in [1.807, 2.05) is 12.1 Å². The Balaban J connectivity index is 1.27. The lowest BCUT2D eigenvalue weighted by Gasteiger charge is -2.37. The molecular weight excluding hydrogens is 604 g/mol. The molecular formula is C31H29ClN6O5S. The van der Waals surface area contributed by atoms with Crippen molar-refractivity contribution in [3.8, 4) is 0 Å². The number of hydrogen-bond donors (Lipinski definition) is 3. The molecule has 0 aliphatic carbocycles. The van der Waals surface area contributed by atoms with Crippen LogP contribution in [0.3, 0.4) is 0 Å². The fourth-order valence-corrected chi connectivity index (χ4v) is 6.98. The molecule has 0 bridgehead atoms. The zero-order valence-electron chi connectivity index (χ0n) is 23.9. The molecule has 44 heavy (non-hydrogen) atoms. The number of carbonyl (C=O) groups excluding carboxylic acids is 3. The van der Waals surface area contributed by atoms with E-state index in [2.05, 4.69) is 25.9 Å². The monoisotopic (exact) mass is 632 g/mol. The molecule has 3 amide bonds. The minimum Gasteiger partial charge on any atom is -0.356 e. The van der Waals surface area contributed by atoms with Gasteiger partial charge in [0.15, 0.2) is 0 Å². The summed E-state index contributed by atoms with van der Waals surface area (Å²) in [7, 11) is -4.27. The van der Waals surface area contributed by atoms with Crippen molar-refractivity contribution in [2.24, 2.45) is 0 Å². The average molecular weight is 633 g/mol. The molecule has 3 aromatic carbocycles. The number of carbonyl (C=O) groups is 3. The molecule has 0 unspecified atom stereocenters. The molecule has 1 aromatic heterocycles. The number of sulfonamides is 1. The first-order valence-electron chi connectivity index (χ1n) is 13.7. The van der Waals surface area contributed by atoms with E-state index in [0.29, 0.717) is 33.9 Å². The fraction of sp³-hybridized carbons (Fsp3) is 0.194. The molecule has 1 aliphatic heterocycles. The van der Waals surface area contributed by atoms with Crippen LogP contribution >= 0.6 is 11.6 Å². The number of nitrogens with zero attached hydrogens (tertiary/aromatic N) is 3. The Bertz CT molecular complexity index is 1830. The number of hydrogen-bond acceptors (Lipinski definition) is 7. The van der Waals surface area contributed by atoms with E-state index >= 15 is 0 Å². The molecule has 1 atom stereocenters. The minimum absolute atomic E-state index is 0.00523. The van der Waals surface area contributed by atoms with Crippen LogP contribution in [-0.2, 0) is 26.0 Å². The van der Waals surface area contributed by atoms with Crippen molar-refractivity contribution in [3.05, 3.63) is 107 Å². The zero-order chi connectivity index (χ0) is 31.4. The Kier molecular flexibility index (Phi) is 8.93. The number of anilines is 3. The molecule has 0 spiro atoms. The van der Waals surface area contributed by atoms with Crippen LogP contribution in [-0.4, -0.2) is 48.7 Å². The molecule has 0 radical (unpaired) electrons. The number of rotatable bonds is 9. The van der Waals surface area contributed by atoms with Gasteiger partial charge in [0.25, 0.3) is 15.9 Å². The SMILES string of the molecule is Cc1cc(S(=O)(=O)N2c3ccccc3NC(=O)[C@H]2CC(=O)NCCc2ccc(NC(=O)c3cnccn3)cc2)c(C)cc1Cl. The first kappa shape index (κ1) is 30.6. The van der Waals surface area contributed by atoms with Crippen molar-refractivity contribution < 1.29 is 22.8 Å². The van der Waals surface area contributed by atoms with Crippen molar-refractivity contribution in [1.82, 2.24) is 15.3 Å². The van der Waals surface area contributed by atoms with Gasteiger partial charge in [-0.2, -0.15) is 0 Å². The maximum atomic E-state index is 14.1. The molecule has 3 N–H and O–H groups in total. The molecule has 0 saturated carbocycles. The summed E-state index contributed by atoms with van der Waals surface area (Å²) in [4.78, 5) is 46.4. The summed E-state index contributed by atoms with van der Waals surface area (Å²) in [6, 6.07) is 15.4. The molecule has 4 aromatic rings. The predicted octanol–water partition coefficient (Wildman–Crippen LogP) is 4.26. The van der Waals surface area contributed by atoms with E-state index in [4.69, 9.17) is 11.6 Å². The van der Waals surface area contributed by atoms with Gasteiger partial charge in [0.2, 0.25) is 11.8 Å². The third kappa shape index (κ3) is 6.56. The first-order chi connectivity index (χ1) is 21.0. The summed E-state index contributed by atoms with van der Waals surface area (Å²) in [6.07, 6.45) is 4.36. The van der Waals surface area contributed by atoms with E-state index in [-0.39, 0.29) is 28.7 Å². The van der Waals surface area contributed by atoms with E-state index in [1.165, 1.54) is 24.7 Å². The van der Waals surface area contributed by atoms with Gasteiger partial charge in [-0.3, -0.25) is 23.7 Å². The highest BCUT2D eigenvalue weighted by Gasteiger charge is 2.42. The van der Waals surface area contributed by atoms with E-state index in [0.717, 1.165) is 9.87 Å². The zero-order valence-corrected chi connectivity index (χ0v) is 25.4. The molecule has 0 saturated heterocycles. The van der Waals surface area contributed by atoms with Gasteiger partial charge in [-0.05, 0) is 73.4 Å². The number of halogens is 1. The quantitative estimate of drug-likeness (QED) is 0.249. The first-order valence-corrected chi connectivity index (χ1v) is 15.5. The van der Waals surface area contributed by atoms with Crippen molar-refractivity contribution in [1.29, 1.82) is 0 Å². The van der Waals surface area contributed by atoms with Crippen molar-refractivity contribution >= 4 is 56.4 Å². The smallest absolute Gasteiger partial charge is 0.275 e. The summed E-state index contributed by atoms with van der Waals surface area (Å²) in [6.45, 7) is 3.58. The highest BCUT2D eigenvalue weighted by molar-refractivity contribution is 7.93. The van der Waals surface area contributed by atoms with Gasteiger partial charge in [-0.15, -0.1) is 0 Å². The van der Waals surface area contributed by atoms with Crippen LogP contribution in [0.2, 0.25) is 5.02 Å². The van der Waals surface area contributed by atoms with Crippen LogP contribution in [0.4, 0.5) is 17.1 Å². The Hall–Kier alpha value is -4.81. The number of amides is 3. The summed E-state index contributed by atoms with van der Waals surface area (Å²) in [5, 5.41) is 8.69. The van der Waals surface area contributed by atoms with E-state index in [9.17, 15) is 22.8 Å². The molecule has 1 aliphatic rings. The van der Waals surface area contributed by atoms with Gasteiger partial charge in [-0.25, -0.2) is 13.4 Å². The van der Waals surface area contributed by atoms with Crippen LogP contribution in [0.15, 0.2) is 84.1 Å². The summed E-state index contributed by atoms with van der Waals surface area (Å²) in [5.41, 5.74) is 3.25. The van der Waals surface area contributed by atoms with Gasteiger partial charge in [-0.1, -0.05) is 35.9 Å². The number of para-hydroxylation sites is 2. The molecule has 11 nitrogen and oxygen atoms in total. The maximum Gasteiger partial charge on any atom is 0.275 e. The topological polar surface area (TPSA) is 150 Å². The molecule has 13 heteroatoms. The Morgan fingerprint density at radius 2 is 1.77 bits per heavy atom. The molecule has 5 rings (SSSR count). The molecule has 2 heterocycles. The number of fused-ring (bicyclic) bond motifs is 1. The lowest BCUT2D eigenvalue weighted by molar-refractivity contribution is -0.125. The number of aryl methyl sites for hydroxylation is 2. The highest BCUT2D eigenvalue weighted by atomic mass is 35.5. The standard InChI is InChI=1S/C31H29ClN6O5S/c1-19-16-28(20(2)15-23(19)32)44(42,43)38-26-6-4-3-5-24(26)37-31(41)27(38)17-29(39)35-12-11-21-7-9-22(10-8-21)36-30(40)25-18-33-13-14-34-25/h3-10,13-16,18,27H,11-12,17H2,1-2H3,(H,35,39)(H,36,40)(H,37,41)/t27-/m1/s1. The third-order valence-corrected chi connectivity index (χ3v) is 9.47. The Labute approximate surface area is 259 Å². The van der Waals surface area contributed by atoms with Gasteiger partial charge in [0.05, 0.1) is 28.9 Å². The Morgan fingerprint density at radius 3 is 2.50 bits per heavy atom. The van der Waals surface area contributed by atoms with Crippen LogP contribution in [0.5, 0.6) is 0 Å². The van der Waals surface area contributed by atoms with Gasteiger partial charge in [0, 0.05) is 29.6 Å². The van der Waals surface area contributed by atoms with Crippen molar-refractivity contribution in [2.45, 2.75) is 37.6 Å². The lowest BCUT2D eigenvalue weighted by Crippen LogP contribution is -2.53. The van der Waals surface area contributed by atoms with Gasteiger partial charge < -0.3 is 16.0 Å². The summed E-state index contributed by atoms with van der Waals surface area (Å²) >= 11 is 6.22. The maximum absolute atomic E-state index is 14.1. The highest BCUT2D eigenvalue weighted by Crippen LogP contribution is 2.38. The van der Waals surface area contributed by atoms with Crippen LogP contribution in [0, 0.1) is 13.8 Å². The van der Waals surface area contributed by atoms with Crippen molar-refractivity contribution in [2.75, 3.05) is 21.5 Å². The minimum atomic E-state index is -4.27. The van der Waals surface area contributed by atoms with Crippen LogP contribution in [0.25, 0.3) is 0 Å². The second-order valence-corrected chi connectivity index (χ2v) is 12.4. The largest absolute Gasteiger partial charge is 0.356 e. The van der Waals surface area contributed by atoms with E-state index in [1.54, 1.807) is 56.3 Å². The number of benzene rings is 3. The Morgan fingerprint density at radius 1 is 1.02 bits per heavy atom. The van der Waals surface area contributed by atoms with Crippen LogP contribution < -0.4 is 20.3 Å². The van der Waals surface area contributed by atoms with Gasteiger partial charge >= 0.3 is 0 Å². The second kappa shape index (κ2) is 12.8.